The molecule has 0 saturated carbocycles. The number of carbonyl (C=O) groups excluding carboxylic acids is 2. The molecule has 1 aliphatic heterocycles. The molecule has 1 aromatic heterocycles. The van der Waals surface area contributed by atoms with E-state index < -0.39 is 0 Å². The highest BCUT2D eigenvalue weighted by Gasteiger charge is 2.33. The maximum absolute atomic E-state index is 12.2. The van der Waals surface area contributed by atoms with E-state index in [4.69, 9.17) is 4.74 Å². The fourth-order valence-corrected chi connectivity index (χ4v) is 2.81. The minimum Gasteiger partial charge on any atom is -0.492 e. The third-order valence-electron chi connectivity index (χ3n) is 4.12. The Morgan fingerprint density at radius 2 is 1.96 bits per heavy atom. The molecular weight excluding hydrogens is 318 g/mol. The van der Waals surface area contributed by atoms with Crippen molar-refractivity contribution in [3.63, 3.8) is 0 Å². The highest BCUT2D eigenvalue weighted by Crippen LogP contribution is 2.20. The molecule has 2 heterocycles. The zero-order valence-electron chi connectivity index (χ0n) is 13.9. The van der Waals surface area contributed by atoms with E-state index in [1.165, 1.54) is 0 Å². The van der Waals surface area contributed by atoms with Crippen LogP contribution in [0.25, 0.3) is 0 Å². The number of amides is 2. The molecule has 0 radical (unpaired) electrons. The quantitative estimate of drug-likeness (QED) is 0.778. The van der Waals surface area contributed by atoms with Crippen molar-refractivity contribution in [2.75, 3.05) is 19.7 Å². The molecule has 1 saturated heterocycles. The summed E-state index contributed by atoms with van der Waals surface area (Å²) in [6, 6.07) is 13.2. The van der Waals surface area contributed by atoms with Crippen LogP contribution < -0.4 is 10.1 Å². The van der Waals surface area contributed by atoms with Gasteiger partial charge in [-0.3, -0.25) is 14.6 Å². The van der Waals surface area contributed by atoms with Gasteiger partial charge in [0.2, 0.25) is 11.8 Å². The summed E-state index contributed by atoms with van der Waals surface area (Å²) in [6.07, 6.45) is 3.66. The monoisotopic (exact) mass is 339 g/mol. The van der Waals surface area contributed by atoms with E-state index in [-0.39, 0.29) is 24.2 Å². The van der Waals surface area contributed by atoms with E-state index in [2.05, 4.69) is 10.3 Å². The molecule has 1 unspecified atom stereocenters. The highest BCUT2D eigenvalue weighted by molar-refractivity contribution is 5.89. The van der Waals surface area contributed by atoms with Crippen molar-refractivity contribution < 1.29 is 14.3 Å². The zero-order chi connectivity index (χ0) is 17.5. The number of hydrogen-bond donors (Lipinski definition) is 1. The van der Waals surface area contributed by atoms with Gasteiger partial charge in [0.25, 0.3) is 0 Å². The van der Waals surface area contributed by atoms with E-state index >= 15 is 0 Å². The molecule has 1 atom stereocenters. The molecule has 1 N–H and O–H groups in total. The number of carbonyl (C=O) groups is 2. The Hall–Kier alpha value is -2.89. The summed E-state index contributed by atoms with van der Waals surface area (Å²) in [6.45, 7) is 1.79. The van der Waals surface area contributed by atoms with Crippen LogP contribution in [-0.2, 0) is 16.1 Å². The van der Waals surface area contributed by atoms with Crippen LogP contribution >= 0.6 is 0 Å². The number of aromatic nitrogens is 1. The molecule has 6 heteroatoms. The Morgan fingerprint density at radius 1 is 1.20 bits per heavy atom. The molecule has 1 fully saturated rings. The van der Waals surface area contributed by atoms with E-state index in [1.54, 1.807) is 17.3 Å². The number of pyridine rings is 1. The van der Waals surface area contributed by atoms with Gasteiger partial charge in [-0.1, -0.05) is 18.2 Å². The van der Waals surface area contributed by atoms with Gasteiger partial charge < -0.3 is 15.0 Å². The number of nitrogens with zero attached hydrogens (tertiary/aromatic N) is 2. The van der Waals surface area contributed by atoms with Gasteiger partial charge in [-0.05, 0) is 29.8 Å². The Balaban J connectivity index is 1.41. The van der Waals surface area contributed by atoms with Crippen LogP contribution in [0.4, 0.5) is 0 Å². The van der Waals surface area contributed by atoms with Crippen molar-refractivity contribution in [1.29, 1.82) is 0 Å². The Bertz CT molecular complexity index is 706. The molecule has 0 bridgehead atoms. The first-order valence-electron chi connectivity index (χ1n) is 8.34. The van der Waals surface area contributed by atoms with Crippen molar-refractivity contribution in [2.24, 2.45) is 5.92 Å². The second-order valence-corrected chi connectivity index (χ2v) is 5.98. The standard InChI is InChI=1S/C19H21N3O3/c23-18-12-16(14-22(18)13-15-6-8-20-9-7-15)19(24)21-10-11-25-17-4-2-1-3-5-17/h1-9,16H,10-14H2,(H,21,24). The summed E-state index contributed by atoms with van der Waals surface area (Å²) >= 11 is 0. The first-order chi connectivity index (χ1) is 12.2. The van der Waals surface area contributed by atoms with Crippen molar-refractivity contribution in [1.82, 2.24) is 15.2 Å². The predicted molar refractivity (Wildman–Crippen MR) is 92.7 cm³/mol. The minimum absolute atomic E-state index is 0.0116. The lowest BCUT2D eigenvalue weighted by molar-refractivity contribution is -0.129. The summed E-state index contributed by atoms with van der Waals surface area (Å²) in [5.74, 6) is 0.391. The Morgan fingerprint density at radius 3 is 2.72 bits per heavy atom. The van der Waals surface area contributed by atoms with Gasteiger partial charge in [-0.25, -0.2) is 0 Å². The molecule has 1 aliphatic rings. The molecule has 130 valence electrons. The fraction of sp³-hybridized carbons (Fsp3) is 0.316. The molecule has 1 aromatic carbocycles. The van der Waals surface area contributed by atoms with Crippen LogP contribution in [0.2, 0.25) is 0 Å². The fourth-order valence-electron chi connectivity index (χ4n) is 2.81. The number of hydrogen-bond acceptors (Lipinski definition) is 4. The molecule has 2 amide bonds. The number of ether oxygens (including phenoxy) is 1. The van der Waals surface area contributed by atoms with Gasteiger partial charge >= 0.3 is 0 Å². The molecule has 6 nitrogen and oxygen atoms in total. The van der Waals surface area contributed by atoms with Crippen LogP contribution in [0.1, 0.15) is 12.0 Å². The molecular formula is C19H21N3O3. The molecule has 2 aromatic rings. The van der Waals surface area contributed by atoms with Crippen LogP contribution in [0.5, 0.6) is 5.75 Å². The normalized spacial score (nSPS) is 16.7. The first kappa shape index (κ1) is 17.0. The maximum Gasteiger partial charge on any atom is 0.225 e. The third kappa shape index (κ3) is 4.79. The average Bonchev–Trinajstić information content (AvgIpc) is 3.01. The van der Waals surface area contributed by atoms with E-state index in [9.17, 15) is 9.59 Å². The van der Waals surface area contributed by atoms with Crippen LogP contribution in [0.15, 0.2) is 54.9 Å². The van der Waals surface area contributed by atoms with E-state index in [0.717, 1.165) is 11.3 Å². The van der Waals surface area contributed by atoms with Gasteiger partial charge in [0.05, 0.1) is 12.5 Å². The second kappa shape index (κ2) is 8.28. The van der Waals surface area contributed by atoms with Crippen LogP contribution in [0.3, 0.4) is 0 Å². The number of likely N-dealkylation sites (tertiary alicyclic amines) is 1. The second-order valence-electron chi connectivity index (χ2n) is 5.98. The molecule has 0 aliphatic carbocycles. The predicted octanol–water partition coefficient (Wildman–Crippen LogP) is 1.63. The highest BCUT2D eigenvalue weighted by atomic mass is 16.5. The number of benzene rings is 1. The lowest BCUT2D eigenvalue weighted by Gasteiger charge is -2.16. The van der Waals surface area contributed by atoms with E-state index in [0.29, 0.717) is 26.2 Å². The summed E-state index contributed by atoms with van der Waals surface area (Å²) in [5.41, 5.74) is 1.01. The number of para-hydroxylation sites is 1. The van der Waals surface area contributed by atoms with Crippen LogP contribution in [0, 0.1) is 5.92 Å². The molecule has 25 heavy (non-hydrogen) atoms. The van der Waals surface area contributed by atoms with Gasteiger partial charge in [0, 0.05) is 31.9 Å². The van der Waals surface area contributed by atoms with Gasteiger partial charge in [-0.2, -0.15) is 0 Å². The molecule has 0 spiro atoms. The first-order valence-corrected chi connectivity index (χ1v) is 8.34. The van der Waals surface area contributed by atoms with Gasteiger partial charge in [-0.15, -0.1) is 0 Å². The van der Waals surface area contributed by atoms with Gasteiger partial charge in [0.1, 0.15) is 12.4 Å². The Labute approximate surface area is 146 Å². The topological polar surface area (TPSA) is 71.5 Å². The van der Waals surface area contributed by atoms with Crippen molar-refractivity contribution in [3.8, 4) is 5.75 Å². The summed E-state index contributed by atoms with van der Waals surface area (Å²) < 4.78 is 5.54. The smallest absolute Gasteiger partial charge is 0.225 e. The van der Waals surface area contributed by atoms with Crippen molar-refractivity contribution in [2.45, 2.75) is 13.0 Å². The third-order valence-corrected chi connectivity index (χ3v) is 4.12. The zero-order valence-corrected chi connectivity index (χ0v) is 13.9. The summed E-state index contributed by atoms with van der Waals surface area (Å²) in [5, 5.41) is 2.85. The van der Waals surface area contributed by atoms with Crippen LogP contribution in [-0.4, -0.2) is 41.4 Å². The van der Waals surface area contributed by atoms with E-state index in [1.807, 2.05) is 42.5 Å². The molecule has 3 rings (SSSR count). The maximum atomic E-state index is 12.2. The Kier molecular flexibility index (Phi) is 5.61. The van der Waals surface area contributed by atoms with Gasteiger partial charge in [0.15, 0.2) is 0 Å². The number of rotatable bonds is 7. The average molecular weight is 339 g/mol. The minimum atomic E-state index is -0.300. The van der Waals surface area contributed by atoms with Crippen molar-refractivity contribution in [3.05, 3.63) is 60.4 Å². The lowest BCUT2D eigenvalue weighted by atomic mass is 10.1. The largest absolute Gasteiger partial charge is 0.492 e. The van der Waals surface area contributed by atoms with Crippen molar-refractivity contribution >= 4 is 11.8 Å². The SMILES string of the molecule is O=C(NCCOc1ccccc1)C1CC(=O)N(Cc2ccncc2)C1. The lowest BCUT2D eigenvalue weighted by Crippen LogP contribution is -2.35. The number of nitrogens with one attached hydrogen (secondary N) is 1. The summed E-state index contributed by atoms with van der Waals surface area (Å²) in [7, 11) is 0. The summed E-state index contributed by atoms with van der Waals surface area (Å²) in [4.78, 5) is 30.0.